The van der Waals surface area contributed by atoms with Gasteiger partial charge in [-0.2, -0.15) is 0 Å². The number of methoxy groups -OCH3 is 1. The molecule has 0 spiro atoms. The summed E-state index contributed by atoms with van der Waals surface area (Å²) in [4.78, 5) is 9.41. The minimum Gasteiger partial charge on any atom is -0.396 e. The van der Waals surface area contributed by atoms with Crippen LogP contribution in [0.4, 0.5) is 0 Å². The van der Waals surface area contributed by atoms with Gasteiger partial charge in [-0.05, 0) is 105 Å². The van der Waals surface area contributed by atoms with E-state index in [1.165, 1.54) is 95.5 Å². The van der Waals surface area contributed by atoms with Crippen LogP contribution >= 0.6 is 0 Å². The van der Waals surface area contributed by atoms with E-state index in [9.17, 15) is 9.90 Å². The van der Waals surface area contributed by atoms with E-state index < -0.39 is 0 Å². The number of benzene rings is 1. The molecule has 0 heterocycles. The van der Waals surface area contributed by atoms with Gasteiger partial charge in [-0.3, -0.25) is 4.79 Å². The largest absolute Gasteiger partial charge is 0.396 e. The molecule has 2 aliphatic rings. The maximum atomic E-state index is 9.44. The molecule has 3 heteroatoms. The number of aliphatic hydroxyl groups is 1. The zero-order valence-electron chi connectivity index (χ0n) is 24.3. The fraction of sp³-hybridized carbons (Fsp3) is 0.735. The number of rotatable bonds is 14. The molecule has 1 aromatic rings. The number of aldehydes is 1. The molecule has 3 nitrogen and oxygen atoms in total. The quantitative estimate of drug-likeness (QED) is 0.154. The Morgan fingerprint density at radius 1 is 1.00 bits per heavy atom. The third kappa shape index (κ3) is 12.3. The van der Waals surface area contributed by atoms with Crippen molar-refractivity contribution in [2.75, 3.05) is 20.3 Å². The second-order valence-electron chi connectivity index (χ2n) is 12.0. The van der Waals surface area contributed by atoms with Crippen LogP contribution in [-0.4, -0.2) is 31.7 Å². The molecule has 0 aromatic heterocycles. The van der Waals surface area contributed by atoms with Crippen LogP contribution < -0.4 is 0 Å². The lowest BCUT2D eigenvalue weighted by atomic mass is 9.68. The van der Waals surface area contributed by atoms with Crippen LogP contribution in [0.1, 0.15) is 121 Å². The van der Waals surface area contributed by atoms with Gasteiger partial charge < -0.3 is 9.84 Å². The van der Waals surface area contributed by atoms with Crippen LogP contribution in [0.2, 0.25) is 0 Å². The van der Waals surface area contributed by atoms with Crippen LogP contribution in [0, 0.1) is 23.7 Å². The van der Waals surface area contributed by atoms with Gasteiger partial charge >= 0.3 is 0 Å². The van der Waals surface area contributed by atoms with Crippen molar-refractivity contribution < 1.29 is 14.6 Å². The average Bonchev–Trinajstić information content (AvgIpc) is 2.94. The first kappa shape index (κ1) is 31.8. The highest BCUT2D eigenvalue weighted by Crippen LogP contribution is 2.44. The van der Waals surface area contributed by atoms with Gasteiger partial charge in [-0.25, -0.2) is 0 Å². The Kier molecular flexibility index (Phi) is 16.1. The molecule has 0 amide bonds. The summed E-state index contributed by atoms with van der Waals surface area (Å²) in [5.41, 5.74) is 3.70. The molecule has 1 unspecified atom stereocenters. The Hall–Kier alpha value is -1.45. The number of aryl methyl sites for hydroxylation is 1. The van der Waals surface area contributed by atoms with Crippen molar-refractivity contribution in [3.63, 3.8) is 0 Å². The summed E-state index contributed by atoms with van der Waals surface area (Å²) in [7, 11) is 1.74. The van der Waals surface area contributed by atoms with E-state index in [2.05, 4.69) is 37.8 Å². The predicted octanol–water partition coefficient (Wildman–Crippen LogP) is 8.69. The van der Waals surface area contributed by atoms with Gasteiger partial charge in [0, 0.05) is 19.6 Å². The van der Waals surface area contributed by atoms with E-state index in [1.54, 1.807) is 19.6 Å². The maximum Gasteiger partial charge on any atom is 0.145 e. The third-order valence-electron chi connectivity index (χ3n) is 8.94. The van der Waals surface area contributed by atoms with Gasteiger partial charge in [0.2, 0.25) is 0 Å². The normalized spacial score (nSPS) is 24.5. The summed E-state index contributed by atoms with van der Waals surface area (Å²) in [5.74, 6) is 4.05. The molecule has 0 saturated heterocycles. The Labute approximate surface area is 228 Å². The maximum absolute atomic E-state index is 9.44. The standard InChI is InChI=1S/C30H50O2.C4H6O/c1-3-4-5-7-24-10-14-27(15-11-24)29-18-20-30(21-19-29)28-16-12-25(13-17-28)8-6-9-26(22-31)23-32-2;1-4(2)3-5/h10-11,14-15,25-26,28-31H,3-9,12-13,16-23H2,1-2H3;3H,1H2,2H3. The van der Waals surface area contributed by atoms with Crippen LogP contribution in [0.3, 0.4) is 0 Å². The number of hydrogen-bond acceptors (Lipinski definition) is 3. The van der Waals surface area contributed by atoms with Crippen molar-refractivity contribution in [1.29, 1.82) is 0 Å². The molecule has 37 heavy (non-hydrogen) atoms. The molecule has 1 N–H and O–H groups in total. The zero-order chi connectivity index (χ0) is 26.9. The van der Waals surface area contributed by atoms with Gasteiger partial charge in [0.1, 0.15) is 6.29 Å². The molecule has 0 bridgehead atoms. The summed E-state index contributed by atoms with van der Waals surface area (Å²) in [6.07, 6.45) is 21.2. The van der Waals surface area contributed by atoms with Crippen LogP contribution in [0.25, 0.3) is 0 Å². The third-order valence-corrected chi connectivity index (χ3v) is 8.94. The van der Waals surface area contributed by atoms with Gasteiger partial charge in [0.25, 0.3) is 0 Å². The van der Waals surface area contributed by atoms with Gasteiger partial charge in [0.15, 0.2) is 0 Å². The van der Waals surface area contributed by atoms with Gasteiger partial charge in [0.05, 0.1) is 6.61 Å². The average molecular weight is 513 g/mol. The summed E-state index contributed by atoms with van der Waals surface area (Å²) < 4.78 is 5.22. The number of aliphatic hydroxyl groups excluding tert-OH is 1. The predicted molar refractivity (Wildman–Crippen MR) is 157 cm³/mol. The number of allylic oxidation sites excluding steroid dienone is 1. The van der Waals surface area contributed by atoms with Crippen molar-refractivity contribution in [2.24, 2.45) is 23.7 Å². The van der Waals surface area contributed by atoms with E-state index in [0.29, 0.717) is 18.1 Å². The van der Waals surface area contributed by atoms with Crippen molar-refractivity contribution in [3.05, 3.63) is 47.5 Å². The second-order valence-corrected chi connectivity index (χ2v) is 12.0. The van der Waals surface area contributed by atoms with Crippen molar-refractivity contribution in [3.8, 4) is 0 Å². The highest BCUT2D eigenvalue weighted by molar-refractivity contribution is 5.70. The Morgan fingerprint density at radius 3 is 2.11 bits per heavy atom. The van der Waals surface area contributed by atoms with E-state index in [0.717, 1.165) is 36.4 Å². The van der Waals surface area contributed by atoms with Crippen LogP contribution in [0.15, 0.2) is 36.4 Å². The lowest BCUT2D eigenvalue weighted by Gasteiger charge is -2.38. The first-order valence-corrected chi connectivity index (χ1v) is 15.3. The topological polar surface area (TPSA) is 46.5 Å². The zero-order valence-corrected chi connectivity index (χ0v) is 24.3. The Morgan fingerprint density at radius 2 is 1.59 bits per heavy atom. The number of unbranched alkanes of at least 4 members (excludes halogenated alkanes) is 2. The molecule has 3 rings (SSSR count). The molecule has 2 aliphatic carbocycles. The van der Waals surface area contributed by atoms with Crippen LogP contribution in [-0.2, 0) is 16.0 Å². The molecule has 210 valence electrons. The van der Waals surface area contributed by atoms with Crippen molar-refractivity contribution in [1.82, 2.24) is 0 Å². The minimum absolute atomic E-state index is 0.270. The van der Waals surface area contributed by atoms with E-state index >= 15 is 0 Å². The van der Waals surface area contributed by atoms with Crippen molar-refractivity contribution in [2.45, 2.75) is 116 Å². The van der Waals surface area contributed by atoms with Gasteiger partial charge in [-0.15, -0.1) is 0 Å². The molecular formula is C34H56O3. The highest BCUT2D eigenvalue weighted by Gasteiger charge is 2.31. The molecule has 2 saturated carbocycles. The first-order valence-electron chi connectivity index (χ1n) is 15.3. The minimum atomic E-state index is 0.270. The molecule has 0 radical (unpaired) electrons. The number of carbonyl (C=O) groups is 1. The Bertz CT molecular complexity index is 724. The smallest absolute Gasteiger partial charge is 0.145 e. The molecular weight excluding hydrogens is 456 g/mol. The lowest BCUT2D eigenvalue weighted by molar-refractivity contribution is -0.104. The Balaban J connectivity index is 0.000000877. The van der Waals surface area contributed by atoms with E-state index in [1.807, 2.05) is 0 Å². The first-order chi connectivity index (χ1) is 18.0. The molecule has 0 aliphatic heterocycles. The fourth-order valence-corrected chi connectivity index (χ4v) is 6.57. The molecule has 1 atom stereocenters. The van der Waals surface area contributed by atoms with E-state index in [4.69, 9.17) is 4.74 Å². The molecule has 1 aromatic carbocycles. The summed E-state index contributed by atoms with van der Waals surface area (Å²) in [6, 6.07) is 9.67. The lowest BCUT2D eigenvalue weighted by Crippen LogP contribution is -2.25. The number of carbonyl (C=O) groups excluding carboxylic acids is 1. The molecule has 2 fully saturated rings. The highest BCUT2D eigenvalue weighted by atomic mass is 16.5. The summed E-state index contributed by atoms with van der Waals surface area (Å²) in [6.45, 7) is 8.22. The SMILES string of the molecule is C=C(C)C=O.CCCCCc1ccc(C2CCC(C3CCC(CCCC(CO)COC)CC3)CC2)cc1. The van der Waals surface area contributed by atoms with Crippen LogP contribution in [0.5, 0.6) is 0 Å². The van der Waals surface area contributed by atoms with E-state index in [-0.39, 0.29) is 6.61 Å². The van der Waals surface area contributed by atoms with Crippen molar-refractivity contribution >= 4 is 6.29 Å². The second kappa shape index (κ2) is 18.7. The summed E-state index contributed by atoms with van der Waals surface area (Å²) in [5, 5.41) is 9.44. The summed E-state index contributed by atoms with van der Waals surface area (Å²) >= 11 is 0. The number of hydrogen-bond donors (Lipinski definition) is 1. The monoisotopic (exact) mass is 512 g/mol. The fourth-order valence-electron chi connectivity index (χ4n) is 6.57. The van der Waals surface area contributed by atoms with Gasteiger partial charge in [-0.1, -0.05) is 76.3 Å². The number of ether oxygens (including phenoxy) is 1.